The van der Waals surface area contributed by atoms with Crippen molar-refractivity contribution >= 4 is 28.7 Å². The van der Waals surface area contributed by atoms with Gasteiger partial charge in [-0.25, -0.2) is 0 Å². The summed E-state index contributed by atoms with van der Waals surface area (Å²) in [6, 6.07) is 18.1. The smallest absolute Gasteiger partial charge is 0.267 e. The Morgan fingerprint density at radius 3 is 2.74 bits per heavy atom. The van der Waals surface area contributed by atoms with Crippen molar-refractivity contribution in [1.29, 1.82) is 0 Å². The molecule has 34 heavy (non-hydrogen) atoms. The summed E-state index contributed by atoms with van der Waals surface area (Å²) in [5.41, 5.74) is 1.08. The summed E-state index contributed by atoms with van der Waals surface area (Å²) in [7, 11) is 0. The molecule has 1 aliphatic rings. The third kappa shape index (κ3) is 6.58. The van der Waals surface area contributed by atoms with E-state index in [-0.39, 0.29) is 23.9 Å². The summed E-state index contributed by atoms with van der Waals surface area (Å²) in [4.78, 5) is 28.2. The van der Waals surface area contributed by atoms with Crippen LogP contribution in [-0.4, -0.2) is 42.4 Å². The number of carbonyl (C=O) groups is 2. The summed E-state index contributed by atoms with van der Waals surface area (Å²) in [6.45, 7) is 4.92. The quantitative estimate of drug-likeness (QED) is 0.365. The highest BCUT2D eigenvalue weighted by Gasteiger charge is 2.18. The minimum absolute atomic E-state index is 0.181. The zero-order valence-electron chi connectivity index (χ0n) is 19.8. The van der Waals surface area contributed by atoms with Crippen LogP contribution in [0.5, 0.6) is 0 Å². The molecule has 0 radical (unpaired) electrons. The summed E-state index contributed by atoms with van der Waals surface area (Å²) in [6.07, 6.45) is 7.95. The zero-order valence-corrected chi connectivity index (χ0v) is 19.8. The highest BCUT2D eigenvalue weighted by atomic mass is 16.3. The van der Waals surface area contributed by atoms with E-state index < -0.39 is 0 Å². The van der Waals surface area contributed by atoms with Gasteiger partial charge in [0.1, 0.15) is 11.5 Å². The summed E-state index contributed by atoms with van der Waals surface area (Å²) in [5.74, 6) is -0.0429. The summed E-state index contributed by atoms with van der Waals surface area (Å²) < 4.78 is 5.36. The number of fused-ring (bicyclic) bond motifs is 1. The molecule has 2 N–H and O–H groups in total. The Morgan fingerprint density at radius 1 is 1.09 bits per heavy atom. The fourth-order valence-corrected chi connectivity index (χ4v) is 4.47. The summed E-state index contributed by atoms with van der Waals surface area (Å²) in [5, 5.41) is 7.95. The fourth-order valence-electron chi connectivity index (χ4n) is 4.47. The van der Waals surface area contributed by atoms with Crippen LogP contribution in [0.2, 0.25) is 0 Å². The maximum atomic E-state index is 12.9. The van der Waals surface area contributed by atoms with Crippen LogP contribution in [0.25, 0.3) is 16.8 Å². The van der Waals surface area contributed by atoms with Crippen molar-refractivity contribution < 1.29 is 14.0 Å². The molecule has 2 heterocycles. The first-order chi connectivity index (χ1) is 16.6. The fraction of sp³-hybridized carbons (Fsp3) is 0.357. The molecule has 1 saturated heterocycles. The molecule has 6 nitrogen and oxygen atoms in total. The average Bonchev–Trinajstić information content (AvgIpc) is 3.35. The second kappa shape index (κ2) is 11.7. The van der Waals surface area contributed by atoms with Gasteiger partial charge in [-0.1, -0.05) is 48.9 Å². The number of nitrogens with one attached hydrogen (secondary N) is 2. The number of benzene rings is 2. The molecule has 1 atom stereocenters. The van der Waals surface area contributed by atoms with Crippen LogP contribution in [0.3, 0.4) is 0 Å². The Kier molecular flexibility index (Phi) is 8.15. The van der Waals surface area contributed by atoms with Crippen LogP contribution in [0.1, 0.15) is 43.9 Å². The van der Waals surface area contributed by atoms with E-state index in [9.17, 15) is 9.59 Å². The first-order valence-electron chi connectivity index (χ1n) is 12.1. The minimum atomic E-state index is -0.310. The van der Waals surface area contributed by atoms with Crippen LogP contribution < -0.4 is 10.6 Å². The van der Waals surface area contributed by atoms with E-state index in [0.29, 0.717) is 18.3 Å². The van der Waals surface area contributed by atoms with E-state index in [4.69, 9.17) is 4.42 Å². The first kappa shape index (κ1) is 23.8. The van der Waals surface area contributed by atoms with Gasteiger partial charge in [-0.2, -0.15) is 0 Å². The molecule has 0 saturated carbocycles. The second-order valence-electron chi connectivity index (χ2n) is 8.97. The third-order valence-electron chi connectivity index (χ3n) is 6.38. The number of piperidine rings is 1. The molecule has 3 aromatic rings. The number of likely N-dealkylation sites (tertiary alicyclic amines) is 1. The molecule has 4 rings (SSSR count). The molecule has 6 heteroatoms. The Bertz CT molecular complexity index is 1140. The maximum absolute atomic E-state index is 12.9. The van der Waals surface area contributed by atoms with Crippen molar-refractivity contribution in [1.82, 2.24) is 15.5 Å². The van der Waals surface area contributed by atoms with Crippen LogP contribution in [0.15, 0.2) is 71.0 Å². The van der Waals surface area contributed by atoms with Crippen molar-refractivity contribution in [3.05, 3.63) is 77.9 Å². The Morgan fingerprint density at radius 2 is 1.94 bits per heavy atom. The molecule has 1 aromatic heterocycles. The van der Waals surface area contributed by atoms with Crippen molar-refractivity contribution in [2.24, 2.45) is 0 Å². The van der Waals surface area contributed by atoms with E-state index in [2.05, 4.69) is 22.5 Å². The standard InChI is InChI=1S/C28H33N3O3/c1-21-8-4-5-15-31(21)16-7-14-29-28(33)26(20-25-11-6-17-34-25)30-27(32)19-22-12-13-23-9-2-3-10-24(23)18-22/h2-3,6,9-13,17-18,20-21H,4-5,7-8,14-16,19H2,1H3,(H,29,33)(H,30,32)/b26-20+. The van der Waals surface area contributed by atoms with Crippen LogP contribution in [0.4, 0.5) is 0 Å². The van der Waals surface area contributed by atoms with E-state index in [0.717, 1.165) is 35.8 Å². The number of furan rings is 1. The largest absolute Gasteiger partial charge is 0.465 e. The van der Waals surface area contributed by atoms with Crippen molar-refractivity contribution in [2.75, 3.05) is 19.6 Å². The molecule has 1 aliphatic heterocycles. The Labute approximate surface area is 201 Å². The molecule has 1 unspecified atom stereocenters. The van der Waals surface area contributed by atoms with Gasteiger partial charge in [-0.05, 0) is 61.2 Å². The lowest BCUT2D eigenvalue weighted by Crippen LogP contribution is -2.40. The van der Waals surface area contributed by atoms with Crippen LogP contribution in [0, 0.1) is 0 Å². The van der Waals surface area contributed by atoms with E-state index in [1.54, 1.807) is 18.2 Å². The molecular weight excluding hydrogens is 426 g/mol. The number of amides is 2. The Hall–Kier alpha value is -3.38. The van der Waals surface area contributed by atoms with Crippen molar-refractivity contribution in [3.63, 3.8) is 0 Å². The Balaban J connectivity index is 1.35. The molecule has 0 aliphatic carbocycles. The van der Waals surface area contributed by atoms with Crippen LogP contribution in [-0.2, 0) is 16.0 Å². The topological polar surface area (TPSA) is 74.6 Å². The number of nitrogens with zero attached hydrogens (tertiary/aromatic N) is 1. The lowest BCUT2D eigenvalue weighted by Gasteiger charge is -2.33. The van der Waals surface area contributed by atoms with Crippen molar-refractivity contribution in [2.45, 2.75) is 45.1 Å². The number of rotatable bonds is 9. The molecule has 0 bridgehead atoms. The molecule has 2 amide bonds. The predicted octanol–water partition coefficient (Wildman–Crippen LogP) is 4.51. The van der Waals surface area contributed by atoms with Gasteiger partial charge in [-0.15, -0.1) is 0 Å². The number of hydrogen-bond donors (Lipinski definition) is 2. The van der Waals surface area contributed by atoms with Gasteiger partial charge in [-0.3, -0.25) is 9.59 Å². The van der Waals surface area contributed by atoms with Gasteiger partial charge >= 0.3 is 0 Å². The minimum Gasteiger partial charge on any atom is -0.465 e. The van der Waals surface area contributed by atoms with Gasteiger partial charge in [0.15, 0.2) is 0 Å². The average molecular weight is 460 g/mol. The number of carbonyl (C=O) groups excluding carboxylic acids is 2. The zero-order chi connectivity index (χ0) is 23.8. The molecule has 178 valence electrons. The second-order valence-corrected chi connectivity index (χ2v) is 8.97. The predicted molar refractivity (Wildman–Crippen MR) is 135 cm³/mol. The molecule has 1 fully saturated rings. The van der Waals surface area contributed by atoms with E-state index in [1.807, 2.05) is 42.5 Å². The maximum Gasteiger partial charge on any atom is 0.267 e. The summed E-state index contributed by atoms with van der Waals surface area (Å²) >= 11 is 0. The van der Waals surface area contributed by atoms with E-state index >= 15 is 0 Å². The lowest BCUT2D eigenvalue weighted by atomic mass is 10.0. The lowest BCUT2D eigenvalue weighted by molar-refractivity contribution is -0.123. The normalized spacial score (nSPS) is 17.0. The molecule has 2 aromatic carbocycles. The highest BCUT2D eigenvalue weighted by molar-refractivity contribution is 6.01. The van der Waals surface area contributed by atoms with E-state index in [1.165, 1.54) is 25.5 Å². The molecular formula is C28H33N3O3. The number of hydrogen-bond acceptors (Lipinski definition) is 4. The first-order valence-corrected chi connectivity index (χ1v) is 12.1. The monoisotopic (exact) mass is 459 g/mol. The van der Waals surface area contributed by atoms with Crippen LogP contribution >= 0.6 is 0 Å². The van der Waals surface area contributed by atoms with Gasteiger partial charge < -0.3 is 20.0 Å². The van der Waals surface area contributed by atoms with Gasteiger partial charge in [0.2, 0.25) is 5.91 Å². The highest BCUT2D eigenvalue weighted by Crippen LogP contribution is 2.17. The van der Waals surface area contributed by atoms with Crippen molar-refractivity contribution in [3.8, 4) is 0 Å². The third-order valence-corrected chi connectivity index (χ3v) is 6.38. The van der Waals surface area contributed by atoms with Gasteiger partial charge in [0.05, 0.1) is 12.7 Å². The SMILES string of the molecule is CC1CCCCN1CCCNC(=O)/C(=C\c1ccco1)NC(=O)Cc1ccc2ccccc2c1. The molecule has 0 spiro atoms. The van der Waals surface area contributed by atoms with Gasteiger partial charge in [0.25, 0.3) is 5.91 Å². The van der Waals surface area contributed by atoms with Gasteiger partial charge in [0, 0.05) is 25.2 Å².